The van der Waals surface area contributed by atoms with Gasteiger partial charge in [0.1, 0.15) is 0 Å². The second kappa shape index (κ2) is 71.0. The first kappa shape index (κ1) is 112. The third-order valence-corrected chi connectivity index (χ3v) is 0. The van der Waals surface area contributed by atoms with Gasteiger partial charge in [0.05, 0.1) is 0 Å². The number of hydrogen-bond donors (Lipinski definition) is 0. The van der Waals surface area contributed by atoms with E-state index in [2.05, 4.69) is 0 Å². The van der Waals surface area contributed by atoms with Gasteiger partial charge in [-0.05, 0) is 0 Å². The molecule has 0 aliphatic rings. The minimum absolute atomic E-state index is 0. The van der Waals surface area contributed by atoms with Crippen molar-refractivity contribution >= 4 is 25.8 Å². The maximum absolute atomic E-state index is 0. The molecule has 0 aromatic heterocycles. The summed E-state index contributed by atoms with van der Waals surface area (Å²) in [5.41, 5.74) is 0. The molecular weight excluding hydrogens is 177 g/mol. The molecule has 6 heavy (non-hydrogen) atoms. The summed E-state index contributed by atoms with van der Waals surface area (Å²) in [6.07, 6.45) is 0. The summed E-state index contributed by atoms with van der Waals surface area (Å²) in [5, 5.41) is 0. The molecule has 5 heteroatoms. The standard InChI is InChI=1S/CH4.Al.B.Cu.H2O.Ti/h1H4;;;;1H2;. The van der Waals surface area contributed by atoms with Crippen LogP contribution in [0.2, 0.25) is 0 Å². The van der Waals surface area contributed by atoms with Crippen LogP contribution in [0.1, 0.15) is 7.43 Å². The van der Waals surface area contributed by atoms with Gasteiger partial charge < -0.3 is 5.48 Å². The average molecular weight is 183 g/mol. The molecule has 1 nitrogen and oxygen atoms in total. The van der Waals surface area contributed by atoms with Gasteiger partial charge in [-0.15, -0.1) is 0 Å². The Morgan fingerprint density at radius 2 is 1.00 bits per heavy atom. The molecule has 0 spiro atoms. The predicted molar refractivity (Wildman–Crippen MR) is 21.9 cm³/mol. The monoisotopic (exact) mass is 183 g/mol. The minimum atomic E-state index is 0. The third-order valence-electron chi connectivity index (χ3n) is 0. The van der Waals surface area contributed by atoms with Crippen molar-refractivity contribution in [3.05, 3.63) is 0 Å². The number of rotatable bonds is 0. The minimum Gasteiger partial charge on any atom is -0.412 e. The van der Waals surface area contributed by atoms with E-state index in [-0.39, 0.29) is 77.5 Å². The molecule has 0 rings (SSSR count). The van der Waals surface area contributed by atoms with Crippen molar-refractivity contribution in [2.45, 2.75) is 7.43 Å². The van der Waals surface area contributed by atoms with E-state index in [1.165, 1.54) is 0 Å². The Morgan fingerprint density at radius 1 is 1.00 bits per heavy atom. The molecule has 0 atom stereocenters. The van der Waals surface area contributed by atoms with Gasteiger partial charge in [0.2, 0.25) is 0 Å². The van der Waals surface area contributed by atoms with Gasteiger partial charge in [0, 0.05) is 64.6 Å². The van der Waals surface area contributed by atoms with E-state index < -0.39 is 0 Å². The van der Waals surface area contributed by atoms with E-state index in [1.54, 1.807) is 0 Å². The topological polar surface area (TPSA) is 31.5 Å². The van der Waals surface area contributed by atoms with Gasteiger partial charge in [-0.2, -0.15) is 0 Å². The van der Waals surface area contributed by atoms with Crippen LogP contribution in [0, 0.1) is 0 Å². The van der Waals surface area contributed by atoms with E-state index in [0.29, 0.717) is 0 Å². The zero-order valence-corrected chi connectivity index (χ0v) is 6.11. The molecule has 0 aromatic rings. The van der Waals surface area contributed by atoms with Crippen molar-refractivity contribution in [2.24, 2.45) is 0 Å². The van der Waals surface area contributed by atoms with Crippen LogP contribution in [-0.4, -0.2) is 31.3 Å². The Morgan fingerprint density at radius 3 is 1.00 bits per heavy atom. The fraction of sp³-hybridized carbons (Fsp3) is 1.00. The van der Waals surface area contributed by atoms with Crippen LogP contribution in [0.5, 0.6) is 0 Å². The Kier molecular flexibility index (Phi) is 1330. The molecular formula is CH6AlBCuOTi. The van der Waals surface area contributed by atoms with Gasteiger partial charge >= 0.3 is 0 Å². The van der Waals surface area contributed by atoms with Crippen LogP contribution in [0.3, 0.4) is 0 Å². The largest absolute Gasteiger partial charge is 0.412 e. The quantitative estimate of drug-likeness (QED) is 0.433. The Bertz CT molecular complexity index is 15.5. The average Bonchev–Trinajstić information content (AvgIpc) is 0. The van der Waals surface area contributed by atoms with Crippen molar-refractivity contribution in [3.63, 3.8) is 0 Å². The van der Waals surface area contributed by atoms with Crippen LogP contribution >= 0.6 is 0 Å². The van der Waals surface area contributed by atoms with Crippen LogP contribution in [-0.2, 0) is 38.8 Å². The summed E-state index contributed by atoms with van der Waals surface area (Å²) in [6.45, 7) is 0. The molecule has 0 aliphatic heterocycles. The summed E-state index contributed by atoms with van der Waals surface area (Å²) < 4.78 is 0. The molecule has 7 radical (unpaired) electrons. The van der Waals surface area contributed by atoms with Crippen molar-refractivity contribution < 1.29 is 44.3 Å². The molecule has 37 valence electrons. The summed E-state index contributed by atoms with van der Waals surface area (Å²) >= 11 is 0. The van der Waals surface area contributed by atoms with Crippen molar-refractivity contribution in [1.29, 1.82) is 0 Å². The van der Waals surface area contributed by atoms with E-state index in [9.17, 15) is 0 Å². The van der Waals surface area contributed by atoms with E-state index in [4.69, 9.17) is 0 Å². The Hall–Kier alpha value is 1.79. The summed E-state index contributed by atoms with van der Waals surface area (Å²) in [5.74, 6) is 0. The molecule has 0 fully saturated rings. The molecule has 0 unspecified atom stereocenters. The molecule has 0 aliphatic carbocycles. The fourth-order valence-electron chi connectivity index (χ4n) is 0. The maximum atomic E-state index is 0. The molecule has 0 bridgehead atoms. The summed E-state index contributed by atoms with van der Waals surface area (Å²) in [4.78, 5) is 0. The van der Waals surface area contributed by atoms with Crippen LogP contribution in [0.15, 0.2) is 0 Å². The zero-order valence-electron chi connectivity index (χ0n) is 2.46. The molecule has 0 amide bonds. The van der Waals surface area contributed by atoms with Gasteiger partial charge in [0.15, 0.2) is 0 Å². The molecule has 0 saturated carbocycles. The zero-order chi connectivity index (χ0) is 0. The molecule has 0 heterocycles. The first-order valence-corrected chi connectivity index (χ1v) is 0. The number of hydrogen-bond acceptors (Lipinski definition) is 0. The first-order chi connectivity index (χ1) is 0. The molecule has 0 aromatic carbocycles. The SMILES string of the molecule is C.O.[Al].[B].[Cu].[Ti]. The molecule has 2 N–H and O–H groups in total. The molecule has 0 saturated heterocycles. The van der Waals surface area contributed by atoms with E-state index in [0.717, 1.165) is 0 Å². The van der Waals surface area contributed by atoms with Crippen LogP contribution in [0.4, 0.5) is 0 Å². The fourth-order valence-corrected chi connectivity index (χ4v) is 0. The van der Waals surface area contributed by atoms with Crippen molar-refractivity contribution in [1.82, 2.24) is 0 Å². The second-order valence-electron chi connectivity index (χ2n) is 0. The van der Waals surface area contributed by atoms with E-state index in [1.807, 2.05) is 0 Å². The van der Waals surface area contributed by atoms with Crippen LogP contribution in [0.25, 0.3) is 0 Å². The predicted octanol–water partition coefficient (Wildman–Crippen LogP) is -0.955. The van der Waals surface area contributed by atoms with Crippen LogP contribution < -0.4 is 0 Å². The summed E-state index contributed by atoms with van der Waals surface area (Å²) in [6, 6.07) is 0. The van der Waals surface area contributed by atoms with Crippen molar-refractivity contribution in [3.8, 4) is 0 Å². The third kappa shape index (κ3) is 41.4. The normalized spacial score (nSPS) is 0. The van der Waals surface area contributed by atoms with Gasteiger partial charge in [0.25, 0.3) is 0 Å². The Labute approximate surface area is 77.0 Å². The first-order valence-electron chi connectivity index (χ1n) is 0. The maximum Gasteiger partial charge on any atom is 0 e. The van der Waals surface area contributed by atoms with E-state index >= 15 is 0 Å². The second-order valence-corrected chi connectivity index (χ2v) is 0. The van der Waals surface area contributed by atoms with Crippen molar-refractivity contribution in [2.75, 3.05) is 0 Å². The van der Waals surface area contributed by atoms with Gasteiger partial charge in [-0.3, -0.25) is 0 Å². The summed E-state index contributed by atoms with van der Waals surface area (Å²) in [7, 11) is 0. The Balaban J connectivity index is 0. The smallest absolute Gasteiger partial charge is 0 e. The van der Waals surface area contributed by atoms with Gasteiger partial charge in [-0.1, -0.05) is 7.43 Å². The van der Waals surface area contributed by atoms with Gasteiger partial charge in [-0.25, -0.2) is 0 Å².